The van der Waals surface area contributed by atoms with Crippen LogP contribution in [0.5, 0.6) is 5.75 Å². The zero-order valence-corrected chi connectivity index (χ0v) is 18.2. The van der Waals surface area contributed by atoms with Gasteiger partial charge in [-0.15, -0.1) is 16.8 Å². The van der Waals surface area contributed by atoms with E-state index in [1.165, 1.54) is 17.3 Å². The number of aryl methyl sites for hydroxylation is 1. The van der Waals surface area contributed by atoms with Gasteiger partial charge in [-0.3, -0.25) is 9.36 Å². The highest BCUT2D eigenvalue weighted by atomic mass is 35.5. The van der Waals surface area contributed by atoms with Crippen LogP contribution < -0.4 is 10.1 Å². The average molecular weight is 443 g/mol. The number of allylic oxidation sites excluding steroid dienone is 1. The number of hydrogen-bond acceptors (Lipinski definition) is 5. The Morgan fingerprint density at radius 1 is 1.20 bits per heavy atom. The van der Waals surface area contributed by atoms with E-state index in [2.05, 4.69) is 29.0 Å². The number of hydrogen-bond donors (Lipinski definition) is 1. The number of rotatable bonds is 10. The molecule has 0 fully saturated rings. The molecule has 1 N–H and O–H groups in total. The summed E-state index contributed by atoms with van der Waals surface area (Å²) >= 11 is 7.18. The molecule has 0 saturated carbocycles. The maximum Gasteiger partial charge on any atom is 0.234 e. The lowest BCUT2D eigenvalue weighted by Crippen LogP contribution is -2.15. The molecule has 1 heterocycles. The van der Waals surface area contributed by atoms with Crippen molar-refractivity contribution in [3.63, 3.8) is 0 Å². The molecule has 2 aromatic carbocycles. The molecule has 0 aliphatic rings. The van der Waals surface area contributed by atoms with Crippen molar-refractivity contribution < 1.29 is 9.53 Å². The third-order valence-corrected chi connectivity index (χ3v) is 5.48. The van der Waals surface area contributed by atoms with Gasteiger partial charge < -0.3 is 10.1 Å². The number of halogens is 1. The van der Waals surface area contributed by atoms with E-state index < -0.39 is 0 Å². The molecule has 0 radical (unpaired) electrons. The smallest absolute Gasteiger partial charge is 0.234 e. The van der Waals surface area contributed by atoms with Gasteiger partial charge in [0.25, 0.3) is 0 Å². The highest BCUT2D eigenvalue weighted by molar-refractivity contribution is 7.99. The normalized spacial score (nSPS) is 10.6. The summed E-state index contributed by atoms with van der Waals surface area (Å²) in [7, 11) is 0. The van der Waals surface area contributed by atoms with Crippen LogP contribution in [0.15, 0.2) is 66.3 Å². The van der Waals surface area contributed by atoms with Crippen LogP contribution in [0.4, 0.5) is 5.69 Å². The zero-order chi connectivity index (χ0) is 21.3. The Morgan fingerprint density at radius 3 is 2.60 bits per heavy atom. The molecule has 0 unspecified atom stereocenters. The quantitative estimate of drug-likeness (QED) is 0.354. The molecule has 3 rings (SSSR count). The topological polar surface area (TPSA) is 69.0 Å². The van der Waals surface area contributed by atoms with E-state index in [4.69, 9.17) is 16.3 Å². The van der Waals surface area contributed by atoms with Crippen LogP contribution in [-0.4, -0.2) is 26.4 Å². The molecule has 6 nitrogen and oxygen atoms in total. The van der Waals surface area contributed by atoms with Crippen LogP contribution in [0.2, 0.25) is 5.02 Å². The Morgan fingerprint density at radius 2 is 1.93 bits per heavy atom. The maximum atomic E-state index is 12.2. The third-order valence-electron chi connectivity index (χ3n) is 4.27. The third kappa shape index (κ3) is 6.11. The van der Waals surface area contributed by atoms with Gasteiger partial charge in [0.05, 0.1) is 5.75 Å². The fourth-order valence-electron chi connectivity index (χ4n) is 2.67. The number of nitrogens with one attached hydrogen (secondary N) is 1. The molecule has 3 aromatic rings. The number of benzene rings is 2. The minimum Gasteiger partial charge on any atom is -0.486 e. The molecular weight excluding hydrogens is 420 g/mol. The fraction of sp³-hybridized carbons (Fsp3) is 0.227. The van der Waals surface area contributed by atoms with Crippen molar-refractivity contribution in [2.75, 3.05) is 11.1 Å². The van der Waals surface area contributed by atoms with Gasteiger partial charge in [0.2, 0.25) is 5.91 Å². The summed E-state index contributed by atoms with van der Waals surface area (Å²) in [6.07, 6.45) is 2.75. The first-order chi connectivity index (χ1) is 14.6. The Hall–Kier alpha value is -2.77. The number of nitrogens with zero attached hydrogens (tertiary/aromatic N) is 3. The summed E-state index contributed by atoms with van der Waals surface area (Å²) in [5, 5.41) is 12.5. The molecule has 156 valence electrons. The summed E-state index contributed by atoms with van der Waals surface area (Å²) in [6.45, 7) is 6.72. The van der Waals surface area contributed by atoms with E-state index in [0.29, 0.717) is 28.2 Å². The monoisotopic (exact) mass is 442 g/mol. The SMILES string of the molecule is C=CCn1c(COc2ccc(CC)cc2)nnc1SCC(=O)Nc1ccc(Cl)cc1. The molecule has 0 aliphatic carbocycles. The van der Waals surface area contributed by atoms with Crippen molar-refractivity contribution in [3.05, 3.63) is 77.6 Å². The van der Waals surface area contributed by atoms with Crippen LogP contribution in [0.1, 0.15) is 18.3 Å². The van der Waals surface area contributed by atoms with E-state index in [9.17, 15) is 4.79 Å². The van der Waals surface area contributed by atoms with E-state index in [-0.39, 0.29) is 18.3 Å². The molecule has 0 spiro atoms. The highest BCUT2D eigenvalue weighted by Crippen LogP contribution is 2.20. The van der Waals surface area contributed by atoms with Crippen LogP contribution >= 0.6 is 23.4 Å². The standard InChI is InChI=1S/C22H23ClN4O2S/c1-3-13-27-20(14-29-19-11-5-16(4-2)6-12-19)25-26-22(27)30-15-21(28)24-18-9-7-17(23)8-10-18/h3,5-12H,1,4,13-15H2,2H3,(H,24,28). The van der Waals surface area contributed by atoms with Gasteiger partial charge in [-0.2, -0.15) is 0 Å². The average Bonchev–Trinajstić information content (AvgIpc) is 3.14. The van der Waals surface area contributed by atoms with Crippen molar-refractivity contribution >= 4 is 35.0 Å². The van der Waals surface area contributed by atoms with Gasteiger partial charge in [0.15, 0.2) is 11.0 Å². The lowest BCUT2D eigenvalue weighted by Gasteiger charge is -2.10. The first-order valence-corrected chi connectivity index (χ1v) is 10.9. The predicted octanol–water partition coefficient (Wildman–Crippen LogP) is 4.99. The van der Waals surface area contributed by atoms with Gasteiger partial charge >= 0.3 is 0 Å². The highest BCUT2D eigenvalue weighted by Gasteiger charge is 2.14. The second-order valence-electron chi connectivity index (χ2n) is 6.43. The summed E-state index contributed by atoms with van der Waals surface area (Å²) < 4.78 is 7.75. The van der Waals surface area contributed by atoms with Crippen molar-refractivity contribution in [2.45, 2.75) is 31.7 Å². The van der Waals surface area contributed by atoms with Crippen LogP contribution in [0, 0.1) is 0 Å². The van der Waals surface area contributed by atoms with Crippen molar-refractivity contribution in [1.29, 1.82) is 0 Å². The van der Waals surface area contributed by atoms with E-state index >= 15 is 0 Å². The van der Waals surface area contributed by atoms with E-state index in [1.54, 1.807) is 30.3 Å². The minimum absolute atomic E-state index is 0.135. The largest absolute Gasteiger partial charge is 0.486 e. The zero-order valence-electron chi connectivity index (χ0n) is 16.7. The number of thioether (sulfide) groups is 1. The summed E-state index contributed by atoms with van der Waals surface area (Å²) in [5.74, 6) is 1.52. The first kappa shape index (κ1) is 21.9. The molecule has 0 bridgehead atoms. The molecule has 30 heavy (non-hydrogen) atoms. The summed E-state index contributed by atoms with van der Waals surface area (Å²) in [4.78, 5) is 12.2. The second kappa shape index (κ2) is 10.8. The maximum absolute atomic E-state index is 12.2. The van der Waals surface area contributed by atoms with Crippen LogP contribution in [0.3, 0.4) is 0 Å². The molecule has 0 atom stereocenters. The van der Waals surface area contributed by atoms with Gasteiger partial charge in [0.1, 0.15) is 12.4 Å². The van der Waals surface area contributed by atoms with Crippen molar-refractivity contribution in [3.8, 4) is 5.75 Å². The van der Waals surface area contributed by atoms with E-state index in [0.717, 1.165) is 12.2 Å². The Kier molecular flexibility index (Phi) is 7.93. The lowest BCUT2D eigenvalue weighted by atomic mass is 10.2. The number of ether oxygens (including phenoxy) is 1. The van der Waals surface area contributed by atoms with Gasteiger partial charge in [0, 0.05) is 17.3 Å². The molecule has 8 heteroatoms. The van der Waals surface area contributed by atoms with Gasteiger partial charge in [-0.05, 0) is 48.4 Å². The lowest BCUT2D eigenvalue weighted by molar-refractivity contribution is -0.113. The predicted molar refractivity (Wildman–Crippen MR) is 121 cm³/mol. The minimum atomic E-state index is -0.135. The molecule has 1 aromatic heterocycles. The molecule has 0 saturated heterocycles. The summed E-state index contributed by atoms with van der Waals surface area (Å²) in [6, 6.07) is 15.0. The number of amides is 1. The Balaban J connectivity index is 1.59. The van der Waals surface area contributed by atoms with Gasteiger partial charge in [-0.25, -0.2) is 0 Å². The Bertz CT molecular complexity index is 987. The van der Waals surface area contributed by atoms with Crippen LogP contribution in [0.25, 0.3) is 0 Å². The van der Waals surface area contributed by atoms with E-state index in [1.807, 2.05) is 28.8 Å². The second-order valence-corrected chi connectivity index (χ2v) is 7.81. The Labute approximate surface area is 185 Å². The van der Waals surface area contributed by atoms with Gasteiger partial charge in [-0.1, -0.05) is 48.5 Å². The fourth-order valence-corrected chi connectivity index (χ4v) is 3.57. The van der Waals surface area contributed by atoms with Crippen molar-refractivity contribution in [1.82, 2.24) is 14.8 Å². The summed E-state index contributed by atoms with van der Waals surface area (Å²) in [5.41, 5.74) is 1.95. The molecule has 0 aliphatic heterocycles. The number of carbonyl (C=O) groups excluding carboxylic acids is 1. The number of aromatic nitrogens is 3. The number of carbonyl (C=O) groups is 1. The first-order valence-electron chi connectivity index (χ1n) is 9.52. The number of anilines is 1. The van der Waals surface area contributed by atoms with Crippen LogP contribution in [-0.2, 0) is 24.4 Å². The van der Waals surface area contributed by atoms with Crippen molar-refractivity contribution in [2.24, 2.45) is 0 Å². The molecular formula is C22H23ClN4O2S. The molecule has 1 amide bonds.